The van der Waals surface area contributed by atoms with Gasteiger partial charge in [0.25, 0.3) is 5.56 Å². The van der Waals surface area contributed by atoms with Crippen LogP contribution in [0.4, 0.5) is 0 Å². The molecule has 0 fully saturated rings. The standard InChI is InChI=1S/C21H17N3O4/c1-3-27-21(26)15(13-22)12-16-19(28-17-9-5-4-8-14(17)2)23-18-10-6-7-11-24(18)20(16)25/h4-12H,3H2,1-2H3/b15-12+. The number of pyridine rings is 1. The average Bonchev–Trinajstić information content (AvgIpc) is 2.70. The Labute approximate surface area is 161 Å². The number of esters is 1. The van der Waals surface area contributed by atoms with Gasteiger partial charge < -0.3 is 9.47 Å². The Balaban J connectivity index is 2.23. The summed E-state index contributed by atoms with van der Waals surface area (Å²) >= 11 is 0. The molecule has 0 spiro atoms. The first kappa shape index (κ1) is 18.9. The summed E-state index contributed by atoms with van der Waals surface area (Å²) < 4.78 is 12.1. The van der Waals surface area contributed by atoms with Crippen molar-refractivity contribution in [2.45, 2.75) is 13.8 Å². The molecule has 2 heterocycles. The maximum atomic E-state index is 13.0. The van der Waals surface area contributed by atoms with Crippen molar-refractivity contribution < 1.29 is 14.3 Å². The van der Waals surface area contributed by atoms with Crippen molar-refractivity contribution in [3.05, 3.63) is 75.7 Å². The van der Waals surface area contributed by atoms with Gasteiger partial charge in [0, 0.05) is 6.20 Å². The summed E-state index contributed by atoms with van der Waals surface area (Å²) in [6.07, 6.45) is 2.70. The fourth-order valence-corrected chi connectivity index (χ4v) is 2.55. The van der Waals surface area contributed by atoms with Crippen molar-refractivity contribution >= 4 is 17.7 Å². The Hall–Kier alpha value is -3.92. The molecule has 7 heteroatoms. The van der Waals surface area contributed by atoms with Crippen LogP contribution in [0.3, 0.4) is 0 Å². The van der Waals surface area contributed by atoms with E-state index in [9.17, 15) is 14.9 Å². The van der Waals surface area contributed by atoms with Gasteiger partial charge in [-0.2, -0.15) is 10.2 Å². The molecular formula is C21H17N3O4. The number of nitriles is 1. The number of benzene rings is 1. The van der Waals surface area contributed by atoms with E-state index >= 15 is 0 Å². The summed E-state index contributed by atoms with van der Waals surface area (Å²) in [7, 11) is 0. The topological polar surface area (TPSA) is 93.7 Å². The predicted molar refractivity (Wildman–Crippen MR) is 103 cm³/mol. The molecule has 0 N–H and O–H groups in total. The molecule has 0 radical (unpaired) electrons. The second-order valence-electron chi connectivity index (χ2n) is 5.82. The van der Waals surface area contributed by atoms with E-state index in [0.717, 1.165) is 11.6 Å². The van der Waals surface area contributed by atoms with Gasteiger partial charge >= 0.3 is 5.97 Å². The zero-order valence-electron chi connectivity index (χ0n) is 15.4. The van der Waals surface area contributed by atoms with Crippen LogP contribution in [0.2, 0.25) is 0 Å². The Kier molecular flexibility index (Phi) is 5.51. The third-order valence-corrected chi connectivity index (χ3v) is 3.94. The highest BCUT2D eigenvalue weighted by molar-refractivity contribution is 5.98. The highest BCUT2D eigenvalue weighted by atomic mass is 16.5. The van der Waals surface area contributed by atoms with Crippen LogP contribution in [-0.2, 0) is 9.53 Å². The lowest BCUT2D eigenvalue weighted by atomic mass is 10.2. The van der Waals surface area contributed by atoms with Crippen molar-refractivity contribution in [2.75, 3.05) is 6.61 Å². The number of nitrogens with zero attached hydrogens (tertiary/aromatic N) is 3. The minimum atomic E-state index is -0.815. The highest BCUT2D eigenvalue weighted by Crippen LogP contribution is 2.26. The molecule has 0 aliphatic heterocycles. The first-order valence-electron chi connectivity index (χ1n) is 8.59. The lowest BCUT2D eigenvalue weighted by Crippen LogP contribution is -2.19. The SMILES string of the molecule is CCOC(=O)/C(C#N)=C/c1c(Oc2ccccc2C)nc2ccccn2c1=O. The number of para-hydroxylation sites is 1. The molecule has 3 aromatic rings. The average molecular weight is 375 g/mol. The zero-order valence-corrected chi connectivity index (χ0v) is 15.4. The molecule has 7 nitrogen and oxygen atoms in total. The quantitative estimate of drug-likeness (QED) is 0.386. The minimum absolute atomic E-state index is 0.00236. The van der Waals surface area contributed by atoms with Crippen molar-refractivity contribution in [3.63, 3.8) is 0 Å². The maximum absolute atomic E-state index is 13.0. The van der Waals surface area contributed by atoms with Gasteiger partial charge in [-0.25, -0.2) is 4.79 Å². The van der Waals surface area contributed by atoms with Gasteiger partial charge in [0.05, 0.1) is 6.61 Å². The third-order valence-electron chi connectivity index (χ3n) is 3.94. The van der Waals surface area contributed by atoms with Crippen LogP contribution in [0.1, 0.15) is 18.1 Å². The smallest absolute Gasteiger partial charge is 0.348 e. The predicted octanol–water partition coefficient (Wildman–Crippen LogP) is 3.27. The van der Waals surface area contributed by atoms with Gasteiger partial charge in [-0.15, -0.1) is 0 Å². The van der Waals surface area contributed by atoms with Gasteiger partial charge in [-0.1, -0.05) is 24.3 Å². The number of carbonyl (C=O) groups excluding carboxylic acids is 1. The van der Waals surface area contributed by atoms with Gasteiger partial charge in [0.15, 0.2) is 0 Å². The summed E-state index contributed by atoms with van der Waals surface area (Å²) in [5, 5.41) is 9.32. The number of aromatic nitrogens is 2. The van der Waals surface area contributed by atoms with Crippen molar-refractivity contribution in [1.29, 1.82) is 5.26 Å². The number of rotatable bonds is 5. The molecule has 0 amide bonds. The first-order valence-corrected chi connectivity index (χ1v) is 8.59. The Morgan fingerprint density at radius 2 is 2.00 bits per heavy atom. The lowest BCUT2D eigenvalue weighted by molar-refractivity contribution is -0.137. The van der Waals surface area contributed by atoms with Crippen LogP contribution in [0, 0.1) is 18.3 Å². The van der Waals surface area contributed by atoms with E-state index in [4.69, 9.17) is 9.47 Å². The van der Waals surface area contributed by atoms with E-state index in [-0.39, 0.29) is 23.6 Å². The van der Waals surface area contributed by atoms with Crippen LogP contribution in [0.15, 0.2) is 59.0 Å². The maximum Gasteiger partial charge on any atom is 0.348 e. The minimum Gasteiger partial charge on any atom is -0.462 e. The Morgan fingerprint density at radius 1 is 1.25 bits per heavy atom. The first-order chi connectivity index (χ1) is 13.5. The van der Waals surface area contributed by atoms with Crippen molar-refractivity contribution in [1.82, 2.24) is 9.38 Å². The number of carbonyl (C=O) groups is 1. The van der Waals surface area contributed by atoms with Crippen LogP contribution in [0.5, 0.6) is 11.6 Å². The molecule has 1 aromatic carbocycles. The zero-order chi connectivity index (χ0) is 20.1. The largest absolute Gasteiger partial charge is 0.462 e. The summed E-state index contributed by atoms with van der Waals surface area (Å²) in [6.45, 7) is 3.60. The number of ether oxygens (including phenoxy) is 2. The third kappa shape index (κ3) is 3.76. The molecule has 0 unspecified atom stereocenters. The second-order valence-corrected chi connectivity index (χ2v) is 5.82. The molecule has 0 aliphatic rings. The van der Waals surface area contributed by atoms with Crippen LogP contribution >= 0.6 is 0 Å². The van der Waals surface area contributed by atoms with E-state index in [1.165, 1.54) is 4.40 Å². The molecule has 0 saturated carbocycles. The van der Waals surface area contributed by atoms with Gasteiger partial charge in [0.1, 0.15) is 28.6 Å². The van der Waals surface area contributed by atoms with E-state index in [1.807, 2.05) is 19.1 Å². The summed E-state index contributed by atoms with van der Waals surface area (Å²) in [4.78, 5) is 29.4. The molecule has 28 heavy (non-hydrogen) atoms. The molecular weight excluding hydrogens is 358 g/mol. The monoisotopic (exact) mass is 375 g/mol. The fourth-order valence-electron chi connectivity index (χ4n) is 2.55. The molecule has 2 aromatic heterocycles. The van der Waals surface area contributed by atoms with E-state index in [1.54, 1.807) is 49.5 Å². The fraction of sp³-hybridized carbons (Fsp3) is 0.143. The Morgan fingerprint density at radius 3 is 2.71 bits per heavy atom. The van der Waals surface area contributed by atoms with E-state index in [0.29, 0.717) is 11.4 Å². The van der Waals surface area contributed by atoms with Crippen LogP contribution in [-0.4, -0.2) is 22.0 Å². The summed E-state index contributed by atoms with van der Waals surface area (Å²) in [5.74, 6) is -0.300. The van der Waals surface area contributed by atoms with Gasteiger partial charge in [0.2, 0.25) is 5.88 Å². The molecule has 140 valence electrons. The van der Waals surface area contributed by atoms with Crippen LogP contribution < -0.4 is 10.3 Å². The van der Waals surface area contributed by atoms with Gasteiger partial charge in [-0.05, 0) is 43.7 Å². The number of hydrogen-bond acceptors (Lipinski definition) is 6. The lowest BCUT2D eigenvalue weighted by Gasteiger charge is -2.11. The Bertz CT molecular complexity index is 1170. The van der Waals surface area contributed by atoms with E-state index in [2.05, 4.69) is 4.98 Å². The molecule has 0 atom stereocenters. The molecule has 0 saturated heterocycles. The molecule has 0 aliphatic carbocycles. The number of aryl methyl sites for hydroxylation is 1. The summed E-state index contributed by atoms with van der Waals surface area (Å²) in [5.41, 5.74) is 0.426. The molecule has 3 rings (SSSR count). The normalized spacial score (nSPS) is 11.1. The van der Waals surface area contributed by atoms with E-state index < -0.39 is 11.5 Å². The number of hydrogen-bond donors (Lipinski definition) is 0. The summed E-state index contributed by atoms with van der Waals surface area (Å²) in [6, 6.07) is 14.1. The highest BCUT2D eigenvalue weighted by Gasteiger charge is 2.18. The van der Waals surface area contributed by atoms with Crippen molar-refractivity contribution in [3.8, 4) is 17.7 Å². The van der Waals surface area contributed by atoms with Crippen molar-refractivity contribution in [2.24, 2.45) is 0 Å². The second kappa shape index (κ2) is 8.18. The molecule has 0 bridgehead atoms. The van der Waals surface area contributed by atoms with Gasteiger partial charge in [-0.3, -0.25) is 9.20 Å². The van der Waals surface area contributed by atoms with Crippen LogP contribution in [0.25, 0.3) is 11.7 Å². The number of fused-ring (bicyclic) bond motifs is 1.